The number of carbonyl (C=O) groups is 2. The number of ether oxygens (including phenoxy) is 1. The van der Waals surface area contributed by atoms with E-state index in [0.717, 1.165) is 10.2 Å². The molecule has 0 aliphatic heterocycles. The van der Waals surface area contributed by atoms with Crippen LogP contribution < -0.4 is 5.56 Å². The summed E-state index contributed by atoms with van der Waals surface area (Å²) in [5.74, 6) is -1.06. The molecular formula is C25H15Br2N9O4. The van der Waals surface area contributed by atoms with Crippen LogP contribution in [0.15, 0.2) is 69.0 Å². The first kappa shape index (κ1) is 28.0. The number of halogens is 2. The predicted octanol–water partition coefficient (Wildman–Crippen LogP) is 3.30. The van der Waals surface area contributed by atoms with E-state index in [1.807, 2.05) is 12.1 Å². The Bertz CT molecular complexity index is 1900. The Kier molecular flexibility index (Phi) is 8.58. The average molecular weight is 665 g/mol. The van der Waals surface area contributed by atoms with Gasteiger partial charge in [0.1, 0.15) is 6.54 Å². The van der Waals surface area contributed by atoms with Gasteiger partial charge in [-0.15, -0.1) is 10.2 Å². The van der Waals surface area contributed by atoms with Crippen LogP contribution in [-0.2, 0) is 11.3 Å². The molecule has 5 aromatic rings. The molecule has 0 bridgehead atoms. The second-order valence-electron chi connectivity index (χ2n) is 7.81. The zero-order valence-corrected chi connectivity index (χ0v) is 23.5. The van der Waals surface area contributed by atoms with Crippen LogP contribution in [0, 0.1) is 22.7 Å². The molecule has 0 saturated carbocycles. The maximum absolute atomic E-state index is 12.2. The highest BCUT2D eigenvalue weighted by Crippen LogP contribution is 2.17. The highest BCUT2D eigenvalue weighted by atomic mass is 79.9. The lowest BCUT2D eigenvalue weighted by atomic mass is 10.1. The second-order valence-corrected chi connectivity index (χ2v) is 9.23. The molecule has 198 valence electrons. The average Bonchev–Trinajstić information content (AvgIpc) is 3.54. The Morgan fingerprint density at radius 1 is 1.00 bits per heavy atom. The van der Waals surface area contributed by atoms with Crippen molar-refractivity contribution in [2.75, 3.05) is 7.11 Å². The van der Waals surface area contributed by atoms with E-state index in [-0.39, 0.29) is 34.1 Å². The molecule has 3 heterocycles. The summed E-state index contributed by atoms with van der Waals surface area (Å²) >= 11 is 6.17. The monoisotopic (exact) mass is 663 g/mol. The number of aromatic amines is 1. The van der Waals surface area contributed by atoms with Gasteiger partial charge in [0.05, 0.1) is 42.3 Å². The summed E-state index contributed by atoms with van der Waals surface area (Å²) in [6.07, 6.45) is 1.66. The van der Waals surface area contributed by atoms with Crippen LogP contribution in [0.3, 0.4) is 0 Å². The van der Waals surface area contributed by atoms with Gasteiger partial charge in [-0.2, -0.15) is 20.5 Å². The Morgan fingerprint density at radius 3 is 2.38 bits per heavy atom. The molecule has 0 fully saturated rings. The molecule has 3 aromatic heterocycles. The van der Waals surface area contributed by atoms with Gasteiger partial charge in [0, 0.05) is 11.1 Å². The van der Waals surface area contributed by atoms with Crippen molar-refractivity contribution in [2.24, 2.45) is 0 Å². The fourth-order valence-electron chi connectivity index (χ4n) is 3.43. The van der Waals surface area contributed by atoms with Crippen molar-refractivity contribution in [2.45, 2.75) is 6.54 Å². The van der Waals surface area contributed by atoms with E-state index in [1.165, 1.54) is 17.7 Å². The fraction of sp³-hybridized carbons (Fsp3) is 0.0800. The van der Waals surface area contributed by atoms with Crippen molar-refractivity contribution < 1.29 is 14.3 Å². The first-order chi connectivity index (χ1) is 19.2. The van der Waals surface area contributed by atoms with Gasteiger partial charge >= 0.3 is 5.97 Å². The van der Waals surface area contributed by atoms with E-state index in [0.29, 0.717) is 27.1 Å². The summed E-state index contributed by atoms with van der Waals surface area (Å²) in [5.41, 5.74) is 2.46. The number of benzene rings is 2. The van der Waals surface area contributed by atoms with Crippen LogP contribution in [0.5, 0.6) is 0 Å². The first-order valence-corrected chi connectivity index (χ1v) is 12.7. The van der Waals surface area contributed by atoms with Gasteiger partial charge in [0.2, 0.25) is 20.9 Å². The number of esters is 1. The zero-order valence-electron chi connectivity index (χ0n) is 20.4. The SMILES string of the molecule is COC(=O)c1nc(Br)nn1CC(=O)c1cccc(C#N)c1.N#Cc1cccc(-c2cn3nc(Br)nc3c(=O)[nH]2)c1. The van der Waals surface area contributed by atoms with Crippen molar-refractivity contribution in [1.29, 1.82) is 10.5 Å². The van der Waals surface area contributed by atoms with Gasteiger partial charge in [-0.05, 0) is 56.1 Å². The number of nitriles is 2. The highest BCUT2D eigenvalue weighted by Gasteiger charge is 2.19. The third-order valence-electron chi connectivity index (χ3n) is 5.23. The van der Waals surface area contributed by atoms with E-state index in [4.69, 9.17) is 10.5 Å². The fourth-order valence-corrected chi connectivity index (χ4v) is 4.13. The molecular weight excluding hydrogens is 650 g/mol. The minimum absolute atomic E-state index is 0.0748. The highest BCUT2D eigenvalue weighted by molar-refractivity contribution is 9.10. The van der Waals surface area contributed by atoms with Gasteiger partial charge in [0.25, 0.3) is 5.56 Å². The number of hydrogen-bond acceptors (Lipinski definition) is 10. The zero-order chi connectivity index (χ0) is 28.8. The minimum atomic E-state index is -0.688. The number of methoxy groups -OCH3 is 1. The van der Waals surface area contributed by atoms with E-state index in [9.17, 15) is 14.4 Å². The molecule has 1 N–H and O–H groups in total. The van der Waals surface area contributed by atoms with Crippen molar-refractivity contribution in [3.63, 3.8) is 0 Å². The third kappa shape index (κ3) is 6.35. The van der Waals surface area contributed by atoms with Gasteiger partial charge in [-0.1, -0.05) is 24.3 Å². The number of hydrogen-bond donors (Lipinski definition) is 1. The van der Waals surface area contributed by atoms with Gasteiger partial charge < -0.3 is 9.72 Å². The number of Topliss-reactive ketones (excluding diaryl/α,β-unsaturated/α-hetero) is 1. The first-order valence-electron chi connectivity index (χ1n) is 11.1. The molecule has 0 atom stereocenters. The summed E-state index contributed by atoms with van der Waals surface area (Å²) in [6, 6.07) is 17.3. The number of aromatic nitrogens is 7. The van der Waals surface area contributed by atoms with Crippen molar-refractivity contribution in [1.82, 2.24) is 34.3 Å². The largest absolute Gasteiger partial charge is 0.463 e. The van der Waals surface area contributed by atoms with Crippen molar-refractivity contribution in [3.8, 4) is 23.4 Å². The number of nitrogens with one attached hydrogen (secondary N) is 1. The van der Waals surface area contributed by atoms with Crippen LogP contribution in [0.1, 0.15) is 32.1 Å². The molecule has 2 aromatic carbocycles. The Balaban J connectivity index is 0.000000186. The van der Waals surface area contributed by atoms with E-state index in [1.54, 1.807) is 42.6 Å². The van der Waals surface area contributed by atoms with Crippen LogP contribution >= 0.6 is 31.9 Å². The van der Waals surface area contributed by atoms with Crippen molar-refractivity contribution in [3.05, 3.63) is 97.1 Å². The smallest absolute Gasteiger partial charge is 0.375 e. The Morgan fingerprint density at radius 2 is 1.68 bits per heavy atom. The lowest BCUT2D eigenvalue weighted by Crippen LogP contribution is -2.18. The number of carbonyl (C=O) groups excluding carboxylic acids is 2. The van der Waals surface area contributed by atoms with Crippen LogP contribution in [0.25, 0.3) is 16.9 Å². The molecule has 0 radical (unpaired) electrons. The molecule has 13 nitrogen and oxygen atoms in total. The van der Waals surface area contributed by atoms with E-state index >= 15 is 0 Å². The molecule has 5 rings (SSSR count). The molecule has 0 spiro atoms. The van der Waals surface area contributed by atoms with Gasteiger partial charge in [-0.3, -0.25) is 9.59 Å². The number of H-pyrrole nitrogens is 1. The Labute approximate surface area is 241 Å². The molecule has 15 heteroatoms. The van der Waals surface area contributed by atoms with E-state index in [2.05, 4.69) is 67.8 Å². The normalized spacial score (nSPS) is 10.2. The molecule has 0 aliphatic carbocycles. The summed E-state index contributed by atoms with van der Waals surface area (Å²) in [6.45, 7) is -0.183. The lowest BCUT2D eigenvalue weighted by Gasteiger charge is -2.04. The van der Waals surface area contributed by atoms with Crippen LogP contribution in [0.2, 0.25) is 0 Å². The molecule has 0 aliphatic rings. The number of rotatable bonds is 5. The maximum atomic E-state index is 12.2. The van der Waals surface area contributed by atoms with Gasteiger partial charge in [-0.25, -0.2) is 14.0 Å². The third-order valence-corrected chi connectivity index (χ3v) is 5.90. The number of ketones is 1. The standard InChI is InChI=1S/C13H9BrN4O3.C12H6BrN5O/c1-21-12(20)11-16-13(14)17-18(11)7-10(19)9-4-2-3-8(5-9)6-15;13-12-16-10-11(19)15-9(6-18(10)17-12)8-3-1-2-7(4-8)5-14/h2-5H,7H2,1H3;1-4,6H,(H,15,19). The van der Waals surface area contributed by atoms with Gasteiger partial charge in [0.15, 0.2) is 5.78 Å². The quantitative estimate of drug-likeness (QED) is 0.216. The van der Waals surface area contributed by atoms with Crippen LogP contribution in [0.4, 0.5) is 0 Å². The summed E-state index contributed by atoms with van der Waals surface area (Å²) < 4.78 is 7.66. The molecule has 0 saturated heterocycles. The molecule has 40 heavy (non-hydrogen) atoms. The minimum Gasteiger partial charge on any atom is -0.463 e. The lowest BCUT2D eigenvalue weighted by molar-refractivity contribution is 0.0579. The summed E-state index contributed by atoms with van der Waals surface area (Å²) in [5, 5.41) is 25.7. The summed E-state index contributed by atoms with van der Waals surface area (Å²) in [4.78, 5) is 46.1. The van der Waals surface area contributed by atoms with E-state index < -0.39 is 5.97 Å². The number of nitrogens with zero attached hydrogens (tertiary/aromatic N) is 8. The molecule has 0 unspecified atom stereocenters. The topological polar surface area (TPSA) is 185 Å². The van der Waals surface area contributed by atoms with Crippen LogP contribution in [-0.4, -0.2) is 53.2 Å². The maximum Gasteiger partial charge on any atom is 0.375 e. The molecule has 0 amide bonds. The Hall–Kier alpha value is -4.99. The summed E-state index contributed by atoms with van der Waals surface area (Å²) in [7, 11) is 1.22. The van der Waals surface area contributed by atoms with Crippen molar-refractivity contribution >= 4 is 49.3 Å². The second kappa shape index (κ2) is 12.2. The number of fused-ring (bicyclic) bond motifs is 1. The predicted molar refractivity (Wildman–Crippen MR) is 146 cm³/mol.